The van der Waals surface area contributed by atoms with Crippen molar-refractivity contribution in [2.24, 2.45) is 22.7 Å². The quantitative estimate of drug-likeness (QED) is 0.307. The first-order valence-electron chi connectivity index (χ1n) is 11.2. The molecule has 176 valence electrons. The van der Waals surface area contributed by atoms with E-state index in [4.69, 9.17) is 9.84 Å². The molecule has 0 spiro atoms. The van der Waals surface area contributed by atoms with Crippen LogP contribution in [-0.4, -0.2) is 40.9 Å². The van der Waals surface area contributed by atoms with Gasteiger partial charge >= 0.3 is 5.97 Å². The molecule has 32 heavy (non-hydrogen) atoms. The number of esters is 1. The molecule has 2 fully saturated rings. The van der Waals surface area contributed by atoms with Crippen molar-refractivity contribution >= 4 is 17.6 Å². The number of phenolic OH excluding ortho intramolecular Hbond substituents is 2. The Kier molecular flexibility index (Phi) is 6.61. The maximum atomic E-state index is 12.3. The highest BCUT2D eigenvalue weighted by Gasteiger charge is 2.54. The lowest BCUT2D eigenvalue weighted by molar-refractivity contribution is -0.118. The normalized spacial score (nSPS) is 29.8. The summed E-state index contributed by atoms with van der Waals surface area (Å²) in [6.45, 7) is 10.3. The zero-order chi connectivity index (χ0) is 23.8. The first kappa shape index (κ1) is 24.1. The number of ether oxygens (including phenoxy) is 1. The van der Waals surface area contributed by atoms with E-state index in [0.29, 0.717) is 23.8 Å². The number of benzene rings is 1. The molecule has 0 heterocycles. The third-order valence-electron chi connectivity index (χ3n) is 8.30. The van der Waals surface area contributed by atoms with Gasteiger partial charge in [-0.25, -0.2) is 4.79 Å². The number of carbonyl (C=O) groups is 2. The predicted octanol–water partition coefficient (Wildman–Crippen LogP) is 4.16. The van der Waals surface area contributed by atoms with E-state index >= 15 is 0 Å². The first-order chi connectivity index (χ1) is 15.0. The molecule has 0 aromatic heterocycles. The number of nitrogens with one attached hydrogen (secondary N) is 1. The minimum Gasteiger partial charge on any atom is -0.505 e. The lowest BCUT2D eigenvalue weighted by Crippen LogP contribution is -2.51. The zero-order valence-electron chi connectivity index (χ0n) is 19.5. The molecule has 1 aromatic rings. The van der Waals surface area contributed by atoms with Crippen LogP contribution in [0.3, 0.4) is 0 Å². The molecule has 4 atom stereocenters. The van der Waals surface area contributed by atoms with Crippen molar-refractivity contribution in [1.82, 2.24) is 0 Å². The molecule has 0 unspecified atom stereocenters. The predicted molar refractivity (Wildman–Crippen MR) is 122 cm³/mol. The Morgan fingerprint density at radius 3 is 2.56 bits per heavy atom. The highest BCUT2D eigenvalue weighted by atomic mass is 16.5. The SMILES string of the molecule is C=C1CCC[C@@H]2[C@@](C)(Cc3cc(C(=O)OC)c(O)c(NC(=O)CO)c3O)[C@H](C)CC[C@@]12C. The summed E-state index contributed by atoms with van der Waals surface area (Å²) in [7, 11) is 1.20. The van der Waals surface area contributed by atoms with E-state index in [1.54, 1.807) is 0 Å². The lowest BCUT2D eigenvalue weighted by atomic mass is 9.46. The maximum absolute atomic E-state index is 12.3. The Morgan fingerprint density at radius 2 is 1.94 bits per heavy atom. The number of methoxy groups -OCH3 is 1. The molecule has 7 heteroatoms. The minimum absolute atomic E-state index is 0.0190. The third-order valence-corrected chi connectivity index (χ3v) is 8.30. The fraction of sp³-hybridized carbons (Fsp3) is 0.600. The molecule has 7 nitrogen and oxygen atoms in total. The molecule has 1 amide bonds. The van der Waals surface area contributed by atoms with Crippen LogP contribution in [0, 0.1) is 22.7 Å². The van der Waals surface area contributed by atoms with Crippen LogP contribution in [0.2, 0.25) is 0 Å². The van der Waals surface area contributed by atoms with E-state index in [1.165, 1.54) is 18.7 Å². The van der Waals surface area contributed by atoms with Gasteiger partial charge in [-0.05, 0) is 72.8 Å². The number of anilines is 1. The molecule has 0 radical (unpaired) electrons. The molecule has 2 aliphatic rings. The summed E-state index contributed by atoms with van der Waals surface area (Å²) in [5, 5.41) is 33.0. The summed E-state index contributed by atoms with van der Waals surface area (Å²) in [6, 6.07) is 1.45. The molecule has 0 saturated heterocycles. The second kappa shape index (κ2) is 8.77. The number of rotatable bonds is 5. The largest absolute Gasteiger partial charge is 0.505 e. The summed E-state index contributed by atoms with van der Waals surface area (Å²) >= 11 is 0. The van der Waals surface area contributed by atoms with E-state index < -0.39 is 24.2 Å². The second-order valence-electron chi connectivity index (χ2n) is 9.94. The first-order valence-corrected chi connectivity index (χ1v) is 11.2. The van der Waals surface area contributed by atoms with Crippen LogP contribution in [0.1, 0.15) is 68.8 Å². The molecule has 1 aromatic carbocycles. The van der Waals surface area contributed by atoms with Gasteiger partial charge in [0.05, 0.1) is 7.11 Å². The van der Waals surface area contributed by atoms with E-state index in [9.17, 15) is 19.8 Å². The van der Waals surface area contributed by atoms with Gasteiger partial charge in [-0.15, -0.1) is 0 Å². The summed E-state index contributed by atoms with van der Waals surface area (Å²) in [5.74, 6) is -1.76. The van der Waals surface area contributed by atoms with Crippen molar-refractivity contribution in [2.75, 3.05) is 19.0 Å². The number of carbonyl (C=O) groups excluding carboxylic acids is 2. The molecule has 3 rings (SSSR count). The van der Waals surface area contributed by atoms with Gasteiger partial charge in [0.25, 0.3) is 0 Å². The maximum Gasteiger partial charge on any atom is 0.341 e. The Balaban J connectivity index is 2.12. The molecule has 2 aliphatic carbocycles. The van der Waals surface area contributed by atoms with Crippen molar-refractivity contribution in [3.8, 4) is 11.5 Å². The van der Waals surface area contributed by atoms with Crippen LogP contribution in [0.4, 0.5) is 5.69 Å². The van der Waals surface area contributed by atoms with Gasteiger partial charge in [0.2, 0.25) is 5.91 Å². The van der Waals surface area contributed by atoms with Gasteiger partial charge in [0, 0.05) is 0 Å². The Bertz CT molecular complexity index is 941. The molecular weight excluding hydrogens is 410 g/mol. The number of fused-ring (bicyclic) bond motifs is 1. The van der Waals surface area contributed by atoms with Gasteiger partial charge < -0.3 is 25.4 Å². The fourth-order valence-corrected chi connectivity index (χ4v) is 6.09. The molecule has 0 bridgehead atoms. The number of aromatic hydroxyl groups is 2. The van der Waals surface area contributed by atoms with Crippen LogP contribution in [-0.2, 0) is 16.0 Å². The third kappa shape index (κ3) is 3.87. The van der Waals surface area contributed by atoms with Gasteiger partial charge in [0.1, 0.15) is 23.6 Å². The van der Waals surface area contributed by atoms with Crippen LogP contribution < -0.4 is 5.32 Å². The average molecular weight is 446 g/mol. The van der Waals surface area contributed by atoms with Crippen molar-refractivity contribution in [1.29, 1.82) is 0 Å². The molecule has 4 N–H and O–H groups in total. The number of hydrogen-bond acceptors (Lipinski definition) is 6. The van der Waals surface area contributed by atoms with Crippen LogP contribution >= 0.6 is 0 Å². The minimum atomic E-state index is -0.825. The second-order valence-corrected chi connectivity index (χ2v) is 9.94. The summed E-state index contributed by atoms with van der Waals surface area (Å²) < 4.78 is 4.80. The number of phenols is 2. The molecule has 0 aliphatic heterocycles. The van der Waals surface area contributed by atoms with E-state index in [0.717, 1.165) is 32.1 Å². The van der Waals surface area contributed by atoms with Crippen LogP contribution in [0.25, 0.3) is 0 Å². The van der Waals surface area contributed by atoms with Gasteiger partial charge in [-0.1, -0.05) is 32.9 Å². The topological polar surface area (TPSA) is 116 Å². The summed E-state index contributed by atoms with van der Waals surface area (Å²) in [6.07, 6.45) is 5.74. The van der Waals surface area contributed by atoms with E-state index in [-0.39, 0.29) is 27.8 Å². The zero-order valence-corrected chi connectivity index (χ0v) is 19.5. The van der Waals surface area contributed by atoms with Crippen molar-refractivity contribution in [3.05, 3.63) is 29.3 Å². The van der Waals surface area contributed by atoms with Crippen molar-refractivity contribution in [2.45, 2.75) is 59.3 Å². The van der Waals surface area contributed by atoms with Crippen LogP contribution in [0.5, 0.6) is 11.5 Å². The Morgan fingerprint density at radius 1 is 1.25 bits per heavy atom. The lowest BCUT2D eigenvalue weighted by Gasteiger charge is -2.59. The van der Waals surface area contributed by atoms with Crippen molar-refractivity contribution < 1.29 is 29.6 Å². The number of aliphatic hydroxyl groups excluding tert-OH is 1. The number of hydrogen-bond donors (Lipinski definition) is 4. The van der Waals surface area contributed by atoms with Crippen molar-refractivity contribution in [3.63, 3.8) is 0 Å². The van der Waals surface area contributed by atoms with E-state index in [2.05, 4.69) is 32.7 Å². The summed E-state index contributed by atoms with van der Waals surface area (Å²) in [4.78, 5) is 24.1. The van der Waals surface area contributed by atoms with Gasteiger partial charge in [-0.2, -0.15) is 0 Å². The van der Waals surface area contributed by atoms with E-state index in [1.807, 2.05) is 0 Å². The highest BCUT2D eigenvalue weighted by Crippen LogP contribution is 2.62. The highest BCUT2D eigenvalue weighted by molar-refractivity contribution is 6.01. The van der Waals surface area contributed by atoms with Crippen LogP contribution in [0.15, 0.2) is 18.2 Å². The fourth-order valence-electron chi connectivity index (χ4n) is 6.09. The Hall–Kier alpha value is -2.54. The average Bonchev–Trinajstić information content (AvgIpc) is 2.77. The monoisotopic (exact) mass is 445 g/mol. The number of aliphatic hydroxyl groups is 1. The standard InChI is InChI=1S/C25H35NO6/c1-14-7-6-8-18-24(14,3)10-9-15(2)25(18,4)12-16-11-17(23(31)32-5)22(30)20(21(16)29)26-19(28)13-27/h11,15,18,27,29-30H,1,6-10,12-13H2,2-5H3,(H,26,28)/t15-,18+,24+,25+/m1/s1. The summed E-state index contributed by atoms with van der Waals surface area (Å²) in [5.41, 5.74) is 1.13. The Labute approximate surface area is 189 Å². The van der Waals surface area contributed by atoms with Gasteiger partial charge in [0.15, 0.2) is 5.75 Å². The number of allylic oxidation sites excluding steroid dienone is 1. The molecular formula is C25H35NO6. The van der Waals surface area contributed by atoms with Gasteiger partial charge in [-0.3, -0.25) is 4.79 Å². The smallest absolute Gasteiger partial charge is 0.341 e. The number of amides is 1. The molecule has 2 saturated carbocycles.